The third kappa shape index (κ3) is 4.17. The standard InChI is InChI=1S/C18H36N2O2/c1-11(2)18(16(10)22,20(13(5)6)14(7)8)17(15(9)21)19-12(3)4/h11-14,17,19H,1-10H3. The average molecular weight is 312 g/mol. The molecule has 0 amide bonds. The van der Waals surface area contributed by atoms with Crippen LogP contribution in [0, 0.1) is 5.92 Å². The minimum Gasteiger partial charge on any atom is -0.303 e. The highest BCUT2D eigenvalue weighted by atomic mass is 16.1. The van der Waals surface area contributed by atoms with E-state index in [1.54, 1.807) is 13.8 Å². The molecule has 2 unspecified atom stereocenters. The monoisotopic (exact) mass is 312 g/mol. The molecule has 0 rings (SSSR count). The van der Waals surface area contributed by atoms with E-state index >= 15 is 0 Å². The number of nitrogens with zero attached hydrogens (tertiary/aromatic N) is 1. The van der Waals surface area contributed by atoms with E-state index < -0.39 is 11.6 Å². The van der Waals surface area contributed by atoms with Crippen molar-refractivity contribution in [3.8, 4) is 0 Å². The van der Waals surface area contributed by atoms with Gasteiger partial charge in [0.25, 0.3) is 0 Å². The highest BCUT2D eigenvalue weighted by Crippen LogP contribution is 2.34. The van der Waals surface area contributed by atoms with Gasteiger partial charge in [0.1, 0.15) is 11.3 Å². The maximum atomic E-state index is 12.9. The van der Waals surface area contributed by atoms with Crippen LogP contribution in [0.15, 0.2) is 0 Å². The molecule has 2 atom stereocenters. The van der Waals surface area contributed by atoms with Crippen molar-refractivity contribution in [3.63, 3.8) is 0 Å². The van der Waals surface area contributed by atoms with Gasteiger partial charge in [-0.3, -0.25) is 14.5 Å². The van der Waals surface area contributed by atoms with Crippen molar-refractivity contribution in [1.29, 1.82) is 0 Å². The Morgan fingerprint density at radius 1 is 0.864 bits per heavy atom. The normalized spacial score (nSPS) is 16.7. The van der Waals surface area contributed by atoms with Gasteiger partial charge in [-0.05, 0) is 47.5 Å². The topological polar surface area (TPSA) is 49.4 Å². The first kappa shape index (κ1) is 21.3. The molecule has 0 aromatic rings. The van der Waals surface area contributed by atoms with E-state index in [0.29, 0.717) is 0 Å². The van der Waals surface area contributed by atoms with Crippen molar-refractivity contribution in [2.75, 3.05) is 0 Å². The van der Waals surface area contributed by atoms with Gasteiger partial charge in [0.2, 0.25) is 0 Å². The zero-order chi connectivity index (χ0) is 17.8. The van der Waals surface area contributed by atoms with Crippen molar-refractivity contribution in [1.82, 2.24) is 10.2 Å². The molecule has 0 saturated heterocycles. The molecule has 4 heteroatoms. The predicted molar refractivity (Wildman–Crippen MR) is 93.1 cm³/mol. The van der Waals surface area contributed by atoms with Gasteiger partial charge < -0.3 is 5.32 Å². The number of hydrogen-bond acceptors (Lipinski definition) is 4. The molecular formula is C18H36N2O2. The van der Waals surface area contributed by atoms with Gasteiger partial charge in [0.15, 0.2) is 5.78 Å². The van der Waals surface area contributed by atoms with Crippen molar-refractivity contribution >= 4 is 11.6 Å². The Morgan fingerprint density at radius 2 is 1.27 bits per heavy atom. The molecule has 0 spiro atoms. The molecule has 4 nitrogen and oxygen atoms in total. The van der Waals surface area contributed by atoms with E-state index in [1.165, 1.54) is 0 Å². The lowest BCUT2D eigenvalue weighted by atomic mass is 9.72. The predicted octanol–water partition coefficient (Wildman–Crippen LogP) is 3.04. The van der Waals surface area contributed by atoms with Crippen LogP contribution in [0.25, 0.3) is 0 Å². The van der Waals surface area contributed by atoms with Crippen LogP contribution in [0.1, 0.15) is 69.2 Å². The first-order valence-electron chi connectivity index (χ1n) is 8.46. The Morgan fingerprint density at radius 3 is 1.45 bits per heavy atom. The lowest BCUT2D eigenvalue weighted by Gasteiger charge is -2.53. The molecule has 1 N–H and O–H groups in total. The van der Waals surface area contributed by atoms with E-state index in [9.17, 15) is 9.59 Å². The fraction of sp³-hybridized carbons (Fsp3) is 0.889. The van der Waals surface area contributed by atoms with Gasteiger partial charge in [-0.2, -0.15) is 0 Å². The lowest BCUT2D eigenvalue weighted by molar-refractivity contribution is -0.146. The molecule has 0 saturated carbocycles. The molecular weight excluding hydrogens is 276 g/mol. The Kier molecular flexibility index (Phi) is 7.93. The summed E-state index contributed by atoms with van der Waals surface area (Å²) in [4.78, 5) is 27.5. The summed E-state index contributed by atoms with van der Waals surface area (Å²) in [5.74, 6) is 0.0945. The van der Waals surface area contributed by atoms with Gasteiger partial charge in [0.05, 0.1) is 6.04 Å². The quantitative estimate of drug-likeness (QED) is 0.711. The molecule has 0 aromatic carbocycles. The van der Waals surface area contributed by atoms with E-state index in [-0.39, 0.29) is 35.6 Å². The summed E-state index contributed by atoms with van der Waals surface area (Å²) in [5.41, 5.74) is -0.835. The van der Waals surface area contributed by atoms with E-state index in [4.69, 9.17) is 0 Å². The molecule has 0 radical (unpaired) electrons. The zero-order valence-electron chi connectivity index (χ0n) is 16.2. The first-order chi connectivity index (χ1) is 9.90. The summed E-state index contributed by atoms with van der Waals surface area (Å²) < 4.78 is 0. The Bertz CT molecular complexity index is 381. The second-order valence-corrected chi connectivity index (χ2v) is 7.50. The Hall–Kier alpha value is -0.740. The van der Waals surface area contributed by atoms with Crippen LogP contribution in [0.3, 0.4) is 0 Å². The maximum absolute atomic E-state index is 12.9. The molecule has 0 aliphatic carbocycles. The van der Waals surface area contributed by atoms with Crippen molar-refractivity contribution in [2.45, 2.75) is 98.9 Å². The molecule has 0 aliphatic rings. The van der Waals surface area contributed by atoms with Gasteiger partial charge >= 0.3 is 0 Å². The smallest absolute Gasteiger partial charge is 0.152 e. The zero-order valence-corrected chi connectivity index (χ0v) is 16.2. The van der Waals surface area contributed by atoms with Gasteiger partial charge in [-0.15, -0.1) is 0 Å². The van der Waals surface area contributed by atoms with E-state index in [1.807, 2.05) is 27.7 Å². The molecule has 22 heavy (non-hydrogen) atoms. The van der Waals surface area contributed by atoms with Crippen molar-refractivity contribution in [2.24, 2.45) is 5.92 Å². The molecule has 0 bridgehead atoms. The minimum absolute atomic E-state index is 0.0175. The highest BCUT2D eigenvalue weighted by Gasteiger charge is 2.53. The fourth-order valence-corrected chi connectivity index (χ4v) is 3.91. The maximum Gasteiger partial charge on any atom is 0.152 e. The second kappa shape index (κ2) is 8.21. The number of Topliss-reactive ketones (excluding diaryl/α,β-unsaturated/α-hetero) is 2. The van der Waals surface area contributed by atoms with Crippen LogP contribution < -0.4 is 5.32 Å². The molecule has 0 fully saturated rings. The van der Waals surface area contributed by atoms with Gasteiger partial charge in [-0.1, -0.05) is 27.7 Å². The van der Waals surface area contributed by atoms with E-state index in [2.05, 4.69) is 37.9 Å². The Balaban J connectivity index is 6.39. The first-order valence-corrected chi connectivity index (χ1v) is 8.46. The number of ketones is 2. The summed E-state index contributed by atoms with van der Waals surface area (Å²) in [6.45, 7) is 19.7. The van der Waals surface area contributed by atoms with Crippen LogP contribution >= 0.6 is 0 Å². The Labute approximate surface area is 137 Å². The SMILES string of the molecule is CC(=O)C(NC(C)C)C(C(C)=O)(C(C)C)N(C(C)C)C(C)C. The number of rotatable bonds is 9. The van der Waals surface area contributed by atoms with Crippen molar-refractivity contribution in [3.05, 3.63) is 0 Å². The summed E-state index contributed by atoms with van der Waals surface area (Å²) in [6.07, 6.45) is 0. The average Bonchev–Trinajstić information content (AvgIpc) is 2.30. The van der Waals surface area contributed by atoms with Crippen LogP contribution in [0.2, 0.25) is 0 Å². The number of carbonyl (C=O) groups excluding carboxylic acids is 2. The van der Waals surface area contributed by atoms with Crippen LogP contribution in [0.5, 0.6) is 0 Å². The van der Waals surface area contributed by atoms with Crippen molar-refractivity contribution < 1.29 is 9.59 Å². The van der Waals surface area contributed by atoms with Crippen LogP contribution in [-0.2, 0) is 9.59 Å². The third-order valence-electron chi connectivity index (χ3n) is 4.33. The summed E-state index contributed by atoms with van der Waals surface area (Å²) >= 11 is 0. The molecule has 0 aromatic heterocycles. The van der Waals surface area contributed by atoms with Crippen LogP contribution in [0.4, 0.5) is 0 Å². The largest absolute Gasteiger partial charge is 0.303 e. The number of nitrogens with one attached hydrogen (secondary N) is 1. The second-order valence-electron chi connectivity index (χ2n) is 7.50. The van der Waals surface area contributed by atoms with Gasteiger partial charge in [0, 0.05) is 18.1 Å². The molecule has 0 aliphatic heterocycles. The molecule has 130 valence electrons. The van der Waals surface area contributed by atoms with Gasteiger partial charge in [-0.25, -0.2) is 0 Å². The summed E-state index contributed by atoms with van der Waals surface area (Å²) in [7, 11) is 0. The number of carbonyl (C=O) groups is 2. The number of hydrogen-bond donors (Lipinski definition) is 1. The van der Waals surface area contributed by atoms with E-state index in [0.717, 1.165) is 0 Å². The highest BCUT2D eigenvalue weighted by molar-refractivity contribution is 5.96. The fourth-order valence-electron chi connectivity index (χ4n) is 3.91. The third-order valence-corrected chi connectivity index (χ3v) is 4.33. The molecule has 0 heterocycles. The van der Waals surface area contributed by atoms with Crippen LogP contribution in [-0.4, -0.2) is 46.2 Å². The minimum atomic E-state index is -0.835. The lowest BCUT2D eigenvalue weighted by Crippen LogP contribution is -2.73. The summed E-state index contributed by atoms with van der Waals surface area (Å²) in [6, 6.07) is -0.0356. The summed E-state index contributed by atoms with van der Waals surface area (Å²) in [5, 5.41) is 3.36.